The lowest BCUT2D eigenvalue weighted by Crippen LogP contribution is -2.46. The summed E-state index contributed by atoms with van der Waals surface area (Å²) in [6, 6.07) is 6.58. The molecule has 76 valence electrons. The topological polar surface area (TPSA) is 3.24 Å². The Labute approximate surface area is 94.2 Å². The summed E-state index contributed by atoms with van der Waals surface area (Å²) in [4.78, 5) is 2.44. The SMILES string of the molecule is CCC1CN(c2ccc(C)cc2Br)C1. The van der Waals surface area contributed by atoms with E-state index in [4.69, 9.17) is 0 Å². The molecule has 1 aromatic carbocycles. The molecule has 1 fully saturated rings. The van der Waals surface area contributed by atoms with Gasteiger partial charge in [0.1, 0.15) is 0 Å². The Hall–Kier alpha value is -0.500. The van der Waals surface area contributed by atoms with Gasteiger partial charge in [0.25, 0.3) is 0 Å². The van der Waals surface area contributed by atoms with Crippen molar-refractivity contribution in [2.45, 2.75) is 20.3 Å². The number of aryl methyl sites for hydroxylation is 1. The maximum absolute atomic E-state index is 3.62. The lowest BCUT2D eigenvalue weighted by Gasteiger charge is -2.41. The number of benzene rings is 1. The molecular weight excluding hydrogens is 238 g/mol. The molecule has 0 spiro atoms. The fourth-order valence-electron chi connectivity index (χ4n) is 1.89. The average molecular weight is 254 g/mol. The first-order chi connectivity index (χ1) is 6.70. The van der Waals surface area contributed by atoms with Gasteiger partial charge in [-0.3, -0.25) is 0 Å². The minimum atomic E-state index is 0.906. The first-order valence-corrected chi connectivity index (χ1v) is 6.01. The van der Waals surface area contributed by atoms with Gasteiger partial charge >= 0.3 is 0 Å². The van der Waals surface area contributed by atoms with E-state index < -0.39 is 0 Å². The van der Waals surface area contributed by atoms with Crippen molar-refractivity contribution in [3.8, 4) is 0 Å². The number of halogens is 1. The van der Waals surface area contributed by atoms with Crippen molar-refractivity contribution in [3.05, 3.63) is 28.2 Å². The monoisotopic (exact) mass is 253 g/mol. The molecule has 0 amide bonds. The normalized spacial score (nSPS) is 16.9. The minimum absolute atomic E-state index is 0.906. The summed E-state index contributed by atoms with van der Waals surface area (Å²) < 4.78 is 1.23. The van der Waals surface area contributed by atoms with Crippen LogP contribution in [0.3, 0.4) is 0 Å². The van der Waals surface area contributed by atoms with Gasteiger partial charge in [0, 0.05) is 17.6 Å². The van der Waals surface area contributed by atoms with Crippen molar-refractivity contribution in [3.63, 3.8) is 0 Å². The molecule has 0 bridgehead atoms. The predicted molar refractivity (Wildman–Crippen MR) is 64.9 cm³/mol. The van der Waals surface area contributed by atoms with Crippen LogP contribution in [0.4, 0.5) is 5.69 Å². The number of anilines is 1. The van der Waals surface area contributed by atoms with Gasteiger partial charge in [-0.1, -0.05) is 13.0 Å². The van der Waals surface area contributed by atoms with Crippen LogP contribution >= 0.6 is 15.9 Å². The quantitative estimate of drug-likeness (QED) is 0.779. The second kappa shape index (κ2) is 3.93. The van der Waals surface area contributed by atoms with Gasteiger partial charge in [-0.25, -0.2) is 0 Å². The van der Waals surface area contributed by atoms with Gasteiger partial charge in [0.15, 0.2) is 0 Å². The third-order valence-electron chi connectivity index (χ3n) is 2.98. The highest BCUT2D eigenvalue weighted by Gasteiger charge is 2.26. The molecule has 0 aliphatic carbocycles. The third-order valence-corrected chi connectivity index (χ3v) is 3.61. The largest absolute Gasteiger partial charge is 0.370 e. The van der Waals surface area contributed by atoms with Crippen LogP contribution in [0, 0.1) is 12.8 Å². The molecule has 0 radical (unpaired) electrons. The highest BCUT2D eigenvalue weighted by molar-refractivity contribution is 9.10. The zero-order chi connectivity index (χ0) is 10.1. The number of hydrogen-bond acceptors (Lipinski definition) is 1. The standard InChI is InChI=1S/C12H16BrN/c1-3-10-7-14(8-10)12-5-4-9(2)6-11(12)13/h4-6,10H,3,7-8H2,1-2H3. The number of hydrogen-bond donors (Lipinski definition) is 0. The second-order valence-electron chi connectivity index (χ2n) is 4.13. The molecule has 2 heteroatoms. The van der Waals surface area contributed by atoms with Crippen molar-refractivity contribution < 1.29 is 0 Å². The summed E-state index contributed by atoms with van der Waals surface area (Å²) in [5.74, 6) is 0.906. The lowest BCUT2D eigenvalue weighted by molar-refractivity contribution is 0.398. The molecule has 0 N–H and O–H groups in total. The Balaban J connectivity index is 2.11. The van der Waals surface area contributed by atoms with Crippen molar-refractivity contribution in [1.82, 2.24) is 0 Å². The smallest absolute Gasteiger partial charge is 0.0511 e. The van der Waals surface area contributed by atoms with E-state index in [1.54, 1.807) is 0 Å². The molecule has 1 saturated heterocycles. The number of nitrogens with zero attached hydrogens (tertiary/aromatic N) is 1. The summed E-state index contributed by atoms with van der Waals surface area (Å²) in [5.41, 5.74) is 2.66. The van der Waals surface area contributed by atoms with Crippen LogP contribution in [0.2, 0.25) is 0 Å². The summed E-state index contributed by atoms with van der Waals surface area (Å²) in [6.07, 6.45) is 1.31. The van der Waals surface area contributed by atoms with Crippen LogP contribution in [0.5, 0.6) is 0 Å². The van der Waals surface area contributed by atoms with E-state index in [1.165, 1.54) is 35.2 Å². The summed E-state index contributed by atoms with van der Waals surface area (Å²) in [7, 11) is 0. The number of rotatable bonds is 2. The van der Waals surface area contributed by atoms with Gasteiger partial charge in [-0.15, -0.1) is 0 Å². The van der Waals surface area contributed by atoms with Gasteiger partial charge in [-0.05, 0) is 52.9 Å². The molecule has 14 heavy (non-hydrogen) atoms. The van der Waals surface area contributed by atoms with Crippen molar-refractivity contribution in [1.29, 1.82) is 0 Å². The zero-order valence-electron chi connectivity index (χ0n) is 8.76. The maximum atomic E-state index is 3.62. The first-order valence-electron chi connectivity index (χ1n) is 5.21. The van der Waals surface area contributed by atoms with Crippen molar-refractivity contribution in [2.24, 2.45) is 5.92 Å². The van der Waals surface area contributed by atoms with Crippen molar-refractivity contribution in [2.75, 3.05) is 18.0 Å². The van der Waals surface area contributed by atoms with E-state index in [0.717, 1.165) is 5.92 Å². The molecule has 0 aromatic heterocycles. The Morgan fingerprint density at radius 1 is 1.43 bits per heavy atom. The van der Waals surface area contributed by atoms with E-state index in [1.807, 2.05) is 0 Å². The molecular formula is C12H16BrN. The minimum Gasteiger partial charge on any atom is -0.370 e. The molecule has 1 aliphatic heterocycles. The molecule has 2 rings (SSSR count). The van der Waals surface area contributed by atoms with Crippen LogP contribution < -0.4 is 4.90 Å². The maximum Gasteiger partial charge on any atom is 0.0511 e. The van der Waals surface area contributed by atoms with Crippen molar-refractivity contribution >= 4 is 21.6 Å². The zero-order valence-corrected chi connectivity index (χ0v) is 10.3. The fourth-order valence-corrected chi connectivity index (χ4v) is 2.64. The van der Waals surface area contributed by atoms with E-state index in [9.17, 15) is 0 Å². The van der Waals surface area contributed by atoms with E-state index >= 15 is 0 Å². The van der Waals surface area contributed by atoms with Gasteiger partial charge in [-0.2, -0.15) is 0 Å². The van der Waals surface area contributed by atoms with Crippen LogP contribution in [0.1, 0.15) is 18.9 Å². The fraction of sp³-hybridized carbons (Fsp3) is 0.500. The Morgan fingerprint density at radius 3 is 2.71 bits per heavy atom. The van der Waals surface area contributed by atoms with Crippen LogP contribution in [0.15, 0.2) is 22.7 Å². The Morgan fingerprint density at radius 2 is 2.14 bits per heavy atom. The highest BCUT2D eigenvalue weighted by Crippen LogP contribution is 2.32. The molecule has 0 saturated carbocycles. The summed E-state index contributed by atoms with van der Waals surface area (Å²) in [6.45, 7) is 6.84. The predicted octanol–water partition coefficient (Wildman–Crippen LogP) is 3.60. The molecule has 1 aliphatic rings. The lowest BCUT2D eigenvalue weighted by atomic mass is 9.96. The summed E-state index contributed by atoms with van der Waals surface area (Å²) in [5, 5.41) is 0. The molecule has 0 unspecified atom stereocenters. The second-order valence-corrected chi connectivity index (χ2v) is 4.99. The van der Waals surface area contributed by atoms with Gasteiger partial charge < -0.3 is 4.90 Å². The molecule has 1 nitrogen and oxygen atoms in total. The van der Waals surface area contributed by atoms with E-state index in [-0.39, 0.29) is 0 Å². The highest BCUT2D eigenvalue weighted by atomic mass is 79.9. The third kappa shape index (κ3) is 1.81. The van der Waals surface area contributed by atoms with Crippen LogP contribution in [-0.2, 0) is 0 Å². The van der Waals surface area contributed by atoms with Crippen LogP contribution in [-0.4, -0.2) is 13.1 Å². The average Bonchev–Trinajstić information content (AvgIpc) is 2.06. The van der Waals surface area contributed by atoms with Gasteiger partial charge in [0.05, 0.1) is 5.69 Å². The van der Waals surface area contributed by atoms with Crippen LogP contribution in [0.25, 0.3) is 0 Å². The van der Waals surface area contributed by atoms with E-state index in [0.29, 0.717) is 0 Å². The molecule has 0 atom stereocenters. The Bertz CT molecular complexity index is 329. The van der Waals surface area contributed by atoms with E-state index in [2.05, 4.69) is 52.9 Å². The molecule has 1 heterocycles. The molecule has 1 aromatic rings. The summed E-state index contributed by atoms with van der Waals surface area (Å²) >= 11 is 3.62. The Kier molecular flexibility index (Phi) is 2.82. The first kappa shape index (κ1) is 10.0. The van der Waals surface area contributed by atoms with Gasteiger partial charge in [0.2, 0.25) is 0 Å².